The Morgan fingerprint density at radius 2 is 1.52 bits per heavy atom. The third-order valence-electron chi connectivity index (χ3n) is 5.88. The first-order valence-corrected chi connectivity index (χ1v) is 8.10. The number of nitrogens with one attached hydrogen (secondary N) is 2. The molecule has 2 N–H and O–H groups in total. The van der Waals surface area contributed by atoms with Gasteiger partial charge in [-0.15, -0.1) is 12.4 Å². The summed E-state index contributed by atoms with van der Waals surface area (Å²) in [6.45, 7) is 0.807. The summed E-state index contributed by atoms with van der Waals surface area (Å²) in [6.07, 6.45) is 8.18. The smallest absolute Gasteiger partial charge is 0.0998 e. The monoisotopic (exact) mass is 304 g/mol. The molecule has 114 valence electrons. The molecule has 1 aromatic rings. The highest BCUT2D eigenvalue weighted by molar-refractivity contribution is 5.86. The minimum absolute atomic E-state index is 0. The standard InChI is InChI=1S/C18H24N2.ClH/c19-17(20-12-13-4-2-1-3-5-13)18-9-14-6-15(10-18)8-16(7-14)11-18;/h1-5,14-16H,6-12H2,(H2,19,20);1H. The van der Waals surface area contributed by atoms with Crippen LogP contribution in [0.25, 0.3) is 0 Å². The zero-order valence-electron chi connectivity index (χ0n) is 12.5. The first-order chi connectivity index (χ1) is 9.73. The molecular formula is C18H25ClN2. The SMILES string of the molecule is Cl.N=C(NCc1ccccc1)C12CC3CC(CC(C3)C1)C2. The van der Waals surface area contributed by atoms with Crippen LogP contribution in [0.3, 0.4) is 0 Å². The second kappa shape index (κ2) is 5.64. The van der Waals surface area contributed by atoms with Crippen molar-refractivity contribution in [2.45, 2.75) is 45.1 Å². The Morgan fingerprint density at radius 3 is 2.05 bits per heavy atom. The van der Waals surface area contributed by atoms with Crippen LogP contribution in [0.15, 0.2) is 30.3 Å². The molecule has 0 saturated heterocycles. The Balaban J connectivity index is 0.00000132. The van der Waals surface area contributed by atoms with Gasteiger partial charge >= 0.3 is 0 Å². The van der Waals surface area contributed by atoms with Crippen LogP contribution in [0.4, 0.5) is 0 Å². The third kappa shape index (κ3) is 2.70. The third-order valence-corrected chi connectivity index (χ3v) is 5.88. The molecule has 0 aromatic heterocycles. The molecule has 5 rings (SSSR count). The van der Waals surface area contributed by atoms with E-state index in [1.807, 2.05) is 6.07 Å². The highest BCUT2D eigenvalue weighted by Gasteiger charge is 2.52. The lowest BCUT2D eigenvalue weighted by Gasteiger charge is -2.56. The molecule has 4 aliphatic rings. The van der Waals surface area contributed by atoms with Gasteiger partial charge in [0.2, 0.25) is 0 Å². The molecule has 2 nitrogen and oxygen atoms in total. The summed E-state index contributed by atoms with van der Waals surface area (Å²) in [5.74, 6) is 3.58. The predicted molar refractivity (Wildman–Crippen MR) is 88.9 cm³/mol. The highest BCUT2D eigenvalue weighted by Crippen LogP contribution is 2.60. The van der Waals surface area contributed by atoms with Gasteiger partial charge in [-0.05, 0) is 61.8 Å². The maximum atomic E-state index is 8.60. The van der Waals surface area contributed by atoms with Crippen molar-refractivity contribution in [3.8, 4) is 0 Å². The lowest BCUT2D eigenvalue weighted by Crippen LogP contribution is -2.53. The van der Waals surface area contributed by atoms with Gasteiger partial charge in [0.05, 0.1) is 5.84 Å². The highest BCUT2D eigenvalue weighted by atomic mass is 35.5. The van der Waals surface area contributed by atoms with Crippen LogP contribution >= 0.6 is 12.4 Å². The number of halogens is 1. The van der Waals surface area contributed by atoms with E-state index < -0.39 is 0 Å². The fraction of sp³-hybridized carbons (Fsp3) is 0.611. The first-order valence-electron chi connectivity index (χ1n) is 8.10. The van der Waals surface area contributed by atoms with Crippen molar-refractivity contribution in [3.63, 3.8) is 0 Å². The van der Waals surface area contributed by atoms with Crippen molar-refractivity contribution in [3.05, 3.63) is 35.9 Å². The van der Waals surface area contributed by atoms with Gasteiger partial charge in [-0.1, -0.05) is 30.3 Å². The summed E-state index contributed by atoms with van der Waals surface area (Å²) < 4.78 is 0. The molecule has 4 fully saturated rings. The van der Waals surface area contributed by atoms with E-state index in [0.29, 0.717) is 0 Å². The van der Waals surface area contributed by atoms with Gasteiger partial charge < -0.3 is 5.32 Å². The van der Waals surface area contributed by atoms with Crippen molar-refractivity contribution >= 4 is 18.2 Å². The minimum Gasteiger partial charge on any atom is -0.369 e. The first kappa shape index (κ1) is 14.9. The number of hydrogen-bond acceptors (Lipinski definition) is 1. The minimum atomic E-state index is 0. The van der Waals surface area contributed by atoms with Crippen LogP contribution in [0.5, 0.6) is 0 Å². The van der Waals surface area contributed by atoms with Crippen LogP contribution in [-0.2, 0) is 6.54 Å². The van der Waals surface area contributed by atoms with Crippen molar-refractivity contribution in [1.29, 1.82) is 5.41 Å². The van der Waals surface area contributed by atoms with Crippen LogP contribution in [0, 0.1) is 28.6 Å². The van der Waals surface area contributed by atoms with E-state index in [0.717, 1.165) is 30.1 Å². The van der Waals surface area contributed by atoms with Gasteiger partial charge in [-0.25, -0.2) is 0 Å². The predicted octanol–water partition coefficient (Wildman–Crippen LogP) is 4.39. The molecule has 0 radical (unpaired) electrons. The summed E-state index contributed by atoms with van der Waals surface area (Å²) in [6, 6.07) is 10.5. The molecule has 0 atom stereocenters. The van der Waals surface area contributed by atoms with Gasteiger partial charge in [0.25, 0.3) is 0 Å². The zero-order chi connectivity index (χ0) is 13.6. The Morgan fingerprint density at radius 1 is 1.00 bits per heavy atom. The summed E-state index contributed by atoms with van der Waals surface area (Å²) in [4.78, 5) is 0. The average molecular weight is 305 g/mol. The van der Waals surface area contributed by atoms with E-state index in [9.17, 15) is 0 Å². The fourth-order valence-corrected chi connectivity index (χ4v) is 5.39. The molecule has 4 saturated carbocycles. The molecule has 4 aliphatic carbocycles. The van der Waals surface area contributed by atoms with E-state index in [1.165, 1.54) is 44.1 Å². The van der Waals surface area contributed by atoms with Gasteiger partial charge in [-0.2, -0.15) is 0 Å². The Labute approximate surface area is 133 Å². The Bertz CT molecular complexity index is 476. The number of benzene rings is 1. The second-order valence-electron chi connectivity index (χ2n) is 7.41. The topological polar surface area (TPSA) is 35.9 Å². The molecule has 21 heavy (non-hydrogen) atoms. The van der Waals surface area contributed by atoms with E-state index in [1.54, 1.807) is 0 Å². The summed E-state index contributed by atoms with van der Waals surface area (Å²) in [5.41, 5.74) is 1.49. The van der Waals surface area contributed by atoms with E-state index >= 15 is 0 Å². The Hall–Kier alpha value is -1.02. The molecule has 0 amide bonds. The van der Waals surface area contributed by atoms with Crippen molar-refractivity contribution in [2.24, 2.45) is 23.2 Å². The van der Waals surface area contributed by atoms with Crippen LogP contribution in [0.1, 0.15) is 44.1 Å². The van der Waals surface area contributed by atoms with Crippen LogP contribution in [-0.4, -0.2) is 5.84 Å². The van der Waals surface area contributed by atoms with Crippen LogP contribution in [0.2, 0.25) is 0 Å². The summed E-state index contributed by atoms with van der Waals surface area (Å²) in [7, 11) is 0. The quantitative estimate of drug-likeness (QED) is 0.630. The summed E-state index contributed by atoms with van der Waals surface area (Å²) >= 11 is 0. The van der Waals surface area contributed by atoms with Gasteiger partial charge in [-0.3, -0.25) is 5.41 Å². The summed E-state index contributed by atoms with van der Waals surface area (Å²) in [5, 5.41) is 12.0. The second-order valence-corrected chi connectivity index (χ2v) is 7.41. The van der Waals surface area contributed by atoms with Crippen molar-refractivity contribution < 1.29 is 0 Å². The Kier molecular flexibility index (Phi) is 4.00. The molecule has 3 heteroatoms. The van der Waals surface area contributed by atoms with Crippen molar-refractivity contribution in [2.75, 3.05) is 0 Å². The molecule has 4 bridgehead atoms. The van der Waals surface area contributed by atoms with E-state index in [2.05, 4.69) is 29.6 Å². The normalized spacial score (nSPS) is 36.1. The molecule has 0 spiro atoms. The molecule has 0 unspecified atom stereocenters. The van der Waals surface area contributed by atoms with Crippen molar-refractivity contribution in [1.82, 2.24) is 5.32 Å². The average Bonchev–Trinajstić information content (AvgIpc) is 2.44. The number of amidine groups is 1. The molecule has 0 aliphatic heterocycles. The number of hydrogen-bond donors (Lipinski definition) is 2. The van der Waals surface area contributed by atoms with Gasteiger partial charge in [0, 0.05) is 12.0 Å². The molecule has 1 aromatic carbocycles. The van der Waals surface area contributed by atoms with Gasteiger partial charge in [0.15, 0.2) is 0 Å². The number of rotatable bonds is 3. The van der Waals surface area contributed by atoms with E-state index in [-0.39, 0.29) is 17.8 Å². The lowest BCUT2D eigenvalue weighted by atomic mass is 9.49. The fourth-order valence-electron chi connectivity index (χ4n) is 5.39. The molecular weight excluding hydrogens is 280 g/mol. The van der Waals surface area contributed by atoms with Crippen LogP contribution < -0.4 is 5.32 Å². The molecule has 0 heterocycles. The zero-order valence-corrected chi connectivity index (χ0v) is 13.3. The van der Waals surface area contributed by atoms with E-state index in [4.69, 9.17) is 5.41 Å². The van der Waals surface area contributed by atoms with Gasteiger partial charge in [0.1, 0.15) is 0 Å². The lowest BCUT2D eigenvalue weighted by molar-refractivity contribution is -0.0146. The maximum absolute atomic E-state index is 8.60. The maximum Gasteiger partial charge on any atom is 0.0998 e. The largest absolute Gasteiger partial charge is 0.369 e.